The number of hydrogen-bond donors (Lipinski definition) is 0. The molecule has 1 aliphatic carbocycles. The van der Waals surface area contributed by atoms with Crippen molar-refractivity contribution in [3.63, 3.8) is 0 Å². The van der Waals surface area contributed by atoms with E-state index >= 15 is 0 Å². The summed E-state index contributed by atoms with van der Waals surface area (Å²) in [5.41, 5.74) is -1.03. The number of allylic oxidation sites excluding steroid dienone is 2. The molecule has 0 saturated heterocycles. The highest BCUT2D eigenvalue weighted by Crippen LogP contribution is 2.52. The van der Waals surface area contributed by atoms with E-state index in [1.54, 1.807) is 0 Å². The van der Waals surface area contributed by atoms with Gasteiger partial charge in [-0.15, -0.1) is 0 Å². The molecular formula is C7H10F2O. The van der Waals surface area contributed by atoms with Gasteiger partial charge in [0.2, 0.25) is 0 Å². The normalized spacial score (nSPS) is 26.7. The smallest absolute Gasteiger partial charge is 0.312 e. The zero-order chi connectivity index (χ0) is 7.99. The van der Waals surface area contributed by atoms with Gasteiger partial charge in [-0.05, 0) is 19.9 Å². The number of ether oxygens (including phenoxy) is 1. The van der Waals surface area contributed by atoms with E-state index in [-0.39, 0.29) is 5.76 Å². The lowest BCUT2D eigenvalue weighted by Crippen LogP contribution is -2.45. The molecule has 0 aromatic heterocycles. The lowest BCUT2D eigenvalue weighted by molar-refractivity contribution is -0.116. The quantitative estimate of drug-likeness (QED) is 0.553. The van der Waals surface area contributed by atoms with Crippen molar-refractivity contribution in [3.8, 4) is 0 Å². The van der Waals surface area contributed by atoms with Gasteiger partial charge in [0.25, 0.3) is 0 Å². The summed E-state index contributed by atoms with van der Waals surface area (Å²) in [4.78, 5) is 0. The summed E-state index contributed by atoms with van der Waals surface area (Å²) in [5.74, 6) is -2.99. The first-order valence-corrected chi connectivity index (χ1v) is 3.07. The van der Waals surface area contributed by atoms with Crippen molar-refractivity contribution in [1.29, 1.82) is 0 Å². The van der Waals surface area contributed by atoms with Gasteiger partial charge in [0.05, 0.1) is 12.5 Å². The molecule has 0 saturated carbocycles. The first kappa shape index (κ1) is 7.51. The van der Waals surface area contributed by atoms with Crippen molar-refractivity contribution >= 4 is 0 Å². The third-order valence-corrected chi connectivity index (χ3v) is 1.83. The maximum absolute atomic E-state index is 12.8. The fourth-order valence-corrected chi connectivity index (χ4v) is 0.936. The van der Waals surface area contributed by atoms with Crippen LogP contribution in [0, 0.1) is 5.41 Å². The predicted octanol–water partition coefficient (Wildman–Crippen LogP) is 2.19. The molecule has 1 nitrogen and oxygen atoms in total. The molecule has 0 fully saturated rings. The van der Waals surface area contributed by atoms with Crippen molar-refractivity contribution in [1.82, 2.24) is 0 Å². The summed E-state index contributed by atoms with van der Waals surface area (Å²) in [7, 11) is 1.26. The molecule has 0 aliphatic heterocycles. The van der Waals surface area contributed by atoms with Crippen molar-refractivity contribution in [2.75, 3.05) is 7.11 Å². The van der Waals surface area contributed by atoms with E-state index in [9.17, 15) is 8.78 Å². The number of methoxy groups -OCH3 is 1. The third kappa shape index (κ3) is 0.662. The average Bonchev–Trinajstić information content (AvgIpc) is 1.83. The van der Waals surface area contributed by atoms with Crippen LogP contribution < -0.4 is 0 Å². The number of alkyl halides is 2. The van der Waals surface area contributed by atoms with Gasteiger partial charge in [0.1, 0.15) is 0 Å². The van der Waals surface area contributed by atoms with E-state index in [0.29, 0.717) is 0 Å². The largest absolute Gasteiger partial charge is 0.495 e. The molecule has 1 aliphatic rings. The minimum absolute atomic E-state index is 0.211. The van der Waals surface area contributed by atoms with Gasteiger partial charge in [0, 0.05) is 0 Å². The first-order valence-electron chi connectivity index (χ1n) is 3.07. The van der Waals surface area contributed by atoms with E-state index in [2.05, 4.69) is 4.74 Å². The summed E-state index contributed by atoms with van der Waals surface area (Å²) < 4.78 is 30.0. The molecule has 0 unspecified atom stereocenters. The summed E-state index contributed by atoms with van der Waals surface area (Å²) in [5, 5.41) is 0. The first-order chi connectivity index (χ1) is 4.42. The lowest BCUT2D eigenvalue weighted by atomic mass is 9.74. The Morgan fingerprint density at radius 2 is 1.90 bits per heavy atom. The average molecular weight is 148 g/mol. The van der Waals surface area contributed by atoms with Crippen LogP contribution >= 0.6 is 0 Å². The Morgan fingerprint density at radius 3 is 2.00 bits per heavy atom. The molecule has 0 spiro atoms. The topological polar surface area (TPSA) is 9.23 Å². The fraction of sp³-hybridized carbons (Fsp3) is 0.714. The maximum atomic E-state index is 12.8. The highest BCUT2D eigenvalue weighted by atomic mass is 19.3. The zero-order valence-electron chi connectivity index (χ0n) is 6.24. The van der Waals surface area contributed by atoms with E-state index < -0.39 is 11.3 Å². The molecule has 10 heavy (non-hydrogen) atoms. The number of rotatable bonds is 1. The van der Waals surface area contributed by atoms with Gasteiger partial charge in [0.15, 0.2) is 5.76 Å². The maximum Gasteiger partial charge on any atom is 0.312 e. The van der Waals surface area contributed by atoms with Crippen LogP contribution in [-0.2, 0) is 4.74 Å². The van der Waals surface area contributed by atoms with Crippen LogP contribution in [0.3, 0.4) is 0 Å². The third-order valence-electron chi connectivity index (χ3n) is 1.83. The van der Waals surface area contributed by atoms with Crippen LogP contribution in [-0.4, -0.2) is 13.0 Å². The zero-order valence-corrected chi connectivity index (χ0v) is 6.24. The number of hydrogen-bond acceptors (Lipinski definition) is 1. The van der Waals surface area contributed by atoms with Crippen molar-refractivity contribution in [2.24, 2.45) is 5.41 Å². The Labute approximate surface area is 58.7 Å². The van der Waals surface area contributed by atoms with Crippen LogP contribution in [0.15, 0.2) is 11.8 Å². The molecule has 0 aromatic rings. The van der Waals surface area contributed by atoms with Crippen LogP contribution in [0.5, 0.6) is 0 Å². The molecule has 0 N–H and O–H groups in total. The molecule has 0 amide bonds. The van der Waals surface area contributed by atoms with Crippen molar-refractivity contribution < 1.29 is 13.5 Å². The SMILES string of the molecule is COC1=CC(C)(C)C1(F)F. The van der Waals surface area contributed by atoms with Gasteiger partial charge in [-0.25, -0.2) is 0 Å². The standard InChI is InChI=1S/C7H10F2O/c1-6(2)4-5(10-3)7(6,8)9/h4H,1-3H3. The fourth-order valence-electron chi connectivity index (χ4n) is 0.936. The second kappa shape index (κ2) is 1.71. The van der Waals surface area contributed by atoms with E-state index in [0.717, 1.165) is 0 Å². The van der Waals surface area contributed by atoms with Crippen molar-refractivity contribution in [2.45, 2.75) is 19.8 Å². The molecule has 0 radical (unpaired) electrons. The summed E-state index contributed by atoms with van der Waals surface area (Å²) in [6.45, 7) is 2.96. The summed E-state index contributed by atoms with van der Waals surface area (Å²) in [6.07, 6.45) is 1.44. The van der Waals surface area contributed by atoms with E-state index in [1.165, 1.54) is 27.0 Å². The van der Waals surface area contributed by atoms with Crippen molar-refractivity contribution in [3.05, 3.63) is 11.8 Å². The molecule has 0 aromatic carbocycles. The monoisotopic (exact) mass is 148 g/mol. The molecule has 1 rings (SSSR count). The minimum atomic E-state index is -2.78. The Balaban J connectivity index is 2.87. The molecule has 0 bridgehead atoms. The van der Waals surface area contributed by atoms with Crippen LogP contribution in [0.1, 0.15) is 13.8 Å². The van der Waals surface area contributed by atoms with Gasteiger partial charge in [-0.2, -0.15) is 8.78 Å². The van der Waals surface area contributed by atoms with Crippen LogP contribution in [0.2, 0.25) is 0 Å². The Hall–Kier alpha value is -0.600. The van der Waals surface area contributed by atoms with Gasteiger partial charge < -0.3 is 4.74 Å². The van der Waals surface area contributed by atoms with Gasteiger partial charge >= 0.3 is 5.92 Å². The summed E-state index contributed by atoms with van der Waals surface area (Å²) >= 11 is 0. The highest BCUT2D eigenvalue weighted by Gasteiger charge is 2.58. The molecule has 3 heteroatoms. The minimum Gasteiger partial charge on any atom is -0.495 e. The van der Waals surface area contributed by atoms with Crippen LogP contribution in [0.25, 0.3) is 0 Å². The highest BCUT2D eigenvalue weighted by molar-refractivity contribution is 5.28. The predicted molar refractivity (Wildman–Crippen MR) is 33.8 cm³/mol. The second-order valence-electron chi connectivity index (χ2n) is 3.01. The Bertz CT molecular complexity index is 182. The van der Waals surface area contributed by atoms with Gasteiger partial charge in [-0.1, -0.05) is 0 Å². The van der Waals surface area contributed by atoms with Gasteiger partial charge in [-0.3, -0.25) is 0 Å². The number of halogens is 2. The molecule has 0 heterocycles. The molecular weight excluding hydrogens is 138 g/mol. The lowest BCUT2D eigenvalue weighted by Gasteiger charge is -2.40. The molecule has 58 valence electrons. The Kier molecular flexibility index (Phi) is 1.28. The summed E-state index contributed by atoms with van der Waals surface area (Å²) in [6, 6.07) is 0. The second-order valence-corrected chi connectivity index (χ2v) is 3.01. The van der Waals surface area contributed by atoms with E-state index in [4.69, 9.17) is 0 Å². The Morgan fingerprint density at radius 1 is 1.40 bits per heavy atom. The van der Waals surface area contributed by atoms with E-state index in [1.807, 2.05) is 0 Å². The molecule has 0 atom stereocenters. The van der Waals surface area contributed by atoms with Crippen LogP contribution in [0.4, 0.5) is 8.78 Å².